The maximum Gasteiger partial charge on any atom is 0.301 e. The van der Waals surface area contributed by atoms with E-state index in [9.17, 15) is 16.8 Å². The van der Waals surface area contributed by atoms with Gasteiger partial charge in [0, 0.05) is 14.1 Å². The number of nitrogens with zero attached hydrogens (tertiary/aromatic N) is 1. The molecule has 0 amide bonds. The van der Waals surface area contributed by atoms with Gasteiger partial charge in [-0.25, -0.2) is 8.42 Å². The van der Waals surface area contributed by atoms with Crippen LogP contribution in [-0.2, 0) is 20.2 Å². The summed E-state index contributed by atoms with van der Waals surface area (Å²) < 4.78 is 59.6. The highest BCUT2D eigenvalue weighted by atomic mass is 32.2. The molecule has 26 heavy (non-hydrogen) atoms. The Kier molecular flexibility index (Phi) is 5.79. The zero-order valence-corrected chi connectivity index (χ0v) is 16.5. The fourth-order valence-electron chi connectivity index (χ4n) is 2.04. The number of ether oxygens (including phenoxy) is 1. The highest BCUT2D eigenvalue weighted by Crippen LogP contribution is 2.24. The molecule has 0 saturated carbocycles. The van der Waals surface area contributed by atoms with Gasteiger partial charge in [-0.15, -0.1) is 0 Å². The largest absolute Gasteiger partial charge is 0.497 e. The summed E-state index contributed by atoms with van der Waals surface area (Å²) in [7, 11) is -3.09. The summed E-state index contributed by atoms with van der Waals surface area (Å²) in [6, 6.07) is 10.5. The topological polar surface area (TPSA) is 105 Å². The van der Waals surface area contributed by atoms with E-state index in [1.54, 1.807) is 25.1 Å². The molecule has 142 valence electrons. The minimum absolute atomic E-state index is 0.0927. The van der Waals surface area contributed by atoms with E-state index in [-0.39, 0.29) is 4.90 Å². The number of anilines is 2. The molecule has 0 saturated heterocycles. The highest BCUT2D eigenvalue weighted by Gasteiger charge is 2.17. The van der Waals surface area contributed by atoms with E-state index in [2.05, 4.69) is 9.44 Å². The lowest BCUT2D eigenvalue weighted by Crippen LogP contribution is -2.28. The number of hydrogen-bond donors (Lipinski definition) is 2. The molecule has 2 N–H and O–H groups in total. The van der Waals surface area contributed by atoms with Crippen LogP contribution in [0.5, 0.6) is 5.75 Å². The first-order chi connectivity index (χ1) is 12.0. The maximum atomic E-state index is 12.5. The van der Waals surface area contributed by atoms with Gasteiger partial charge in [-0.2, -0.15) is 12.7 Å². The van der Waals surface area contributed by atoms with Crippen molar-refractivity contribution >= 4 is 31.6 Å². The lowest BCUT2D eigenvalue weighted by molar-refractivity contribution is 0.414. The number of nitrogens with one attached hydrogen (secondary N) is 2. The van der Waals surface area contributed by atoms with E-state index in [1.807, 2.05) is 0 Å². The molecule has 0 radical (unpaired) electrons. The smallest absolute Gasteiger partial charge is 0.301 e. The van der Waals surface area contributed by atoms with E-state index < -0.39 is 20.2 Å². The molecule has 0 aliphatic rings. The lowest BCUT2D eigenvalue weighted by atomic mass is 10.2. The standard InChI is InChI=1S/C16H21N3O5S2/c1-12-11-13(17-26(22,23)19(2)3)5-10-16(12)18-25(20,21)15-8-6-14(24-4)7-9-15/h5-11,17-18H,1-4H3. The Morgan fingerprint density at radius 3 is 2.04 bits per heavy atom. The van der Waals surface area contributed by atoms with Crippen molar-refractivity contribution in [2.75, 3.05) is 30.6 Å². The zero-order chi connectivity index (χ0) is 19.5. The summed E-state index contributed by atoms with van der Waals surface area (Å²) in [5, 5.41) is 0. The van der Waals surface area contributed by atoms with Crippen LogP contribution < -0.4 is 14.2 Å². The molecule has 0 aliphatic heterocycles. The predicted molar refractivity (Wildman–Crippen MR) is 101 cm³/mol. The van der Waals surface area contributed by atoms with Crippen LogP contribution in [0.4, 0.5) is 11.4 Å². The molecule has 8 nitrogen and oxygen atoms in total. The third-order valence-corrected chi connectivity index (χ3v) is 6.40. The fourth-order valence-corrected chi connectivity index (χ4v) is 3.78. The fraction of sp³-hybridized carbons (Fsp3) is 0.250. The summed E-state index contributed by atoms with van der Waals surface area (Å²) in [5.41, 5.74) is 1.26. The van der Waals surface area contributed by atoms with Crippen LogP contribution in [0.3, 0.4) is 0 Å². The molecule has 2 rings (SSSR count). The second-order valence-electron chi connectivity index (χ2n) is 5.70. The lowest BCUT2D eigenvalue weighted by Gasteiger charge is -2.15. The van der Waals surface area contributed by atoms with E-state index in [0.29, 0.717) is 22.7 Å². The van der Waals surface area contributed by atoms with Crippen LogP contribution in [0.2, 0.25) is 0 Å². The first kappa shape index (κ1) is 20.0. The quantitative estimate of drug-likeness (QED) is 0.741. The van der Waals surface area contributed by atoms with Crippen LogP contribution in [0.25, 0.3) is 0 Å². The summed E-state index contributed by atoms with van der Waals surface area (Å²) in [6.45, 7) is 1.68. The molecule has 10 heteroatoms. The van der Waals surface area contributed by atoms with Gasteiger partial charge in [0.15, 0.2) is 0 Å². The molecule has 2 aromatic carbocycles. The van der Waals surface area contributed by atoms with Crippen LogP contribution in [0.1, 0.15) is 5.56 Å². The van der Waals surface area contributed by atoms with Crippen molar-refractivity contribution in [1.29, 1.82) is 0 Å². The zero-order valence-electron chi connectivity index (χ0n) is 14.8. The van der Waals surface area contributed by atoms with Gasteiger partial charge in [0.05, 0.1) is 23.4 Å². The molecule has 2 aromatic rings. The molecule has 0 bridgehead atoms. The molecule has 0 heterocycles. The second kappa shape index (κ2) is 7.52. The average molecular weight is 399 g/mol. The Labute approximate surface area is 154 Å². The van der Waals surface area contributed by atoms with Crippen molar-refractivity contribution in [2.24, 2.45) is 0 Å². The molecular weight excluding hydrogens is 378 g/mol. The average Bonchev–Trinajstić information content (AvgIpc) is 2.57. The number of methoxy groups -OCH3 is 1. The van der Waals surface area contributed by atoms with Crippen molar-refractivity contribution in [3.8, 4) is 5.75 Å². The van der Waals surface area contributed by atoms with Crippen LogP contribution in [-0.4, -0.2) is 42.3 Å². The van der Waals surface area contributed by atoms with Crippen molar-refractivity contribution in [3.63, 3.8) is 0 Å². The summed E-state index contributed by atoms with van der Waals surface area (Å²) in [4.78, 5) is 0.0927. The first-order valence-electron chi connectivity index (χ1n) is 7.53. The van der Waals surface area contributed by atoms with Gasteiger partial charge in [0.1, 0.15) is 5.75 Å². The minimum Gasteiger partial charge on any atom is -0.497 e. The van der Waals surface area contributed by atoms with Crippen molar-refractivity contribution in [2.45, 2.75) is 11.8 Å². The third kappa shape index (κ3) is 4.65. The van der Waals surface area contributed by atoms with Crippen molar-refractivity contribution in [1.82, 2.24) is 4.31 Å². The molecule has 0 aliphatic carbocycles. The van der Waals surface area contributed by atoms with Gasteiger partial charge in [0.2, 0.25) is 0 Å². The number of benzene rings is 2. The Morgan fingerprint density at radius 2 is 1.54 bits per heavy atom. The van der Waals surface area contributed by atoms with Crippen molar-refractivity contribution < 1.29 is 21.6 Å². The third-order valence-electron chi connectivity index (χ3n) is 3.57. The van der Waals surface area contributed by atoms with Gasteiger partial charge < -0.3 is 4.74 Å². The van der Waals surface area contributed by atoms with E-state index >= 15 is 0 Å². The molecular formula is C16H21N3O5S2. The monoisotopic (exact) mass is 399 g/mol. The number of sulfonamides is 1. The Morgan fingerprint density at radius 1 is 0.923 bits per heavy atom. The van der Waals surface area contributed by atoms with E-state index in [1.165, 1.54) is 45.5 Å². The second-order valence-corrected chi connectivity index (χ2v) is 9.27. The number of rotatable bonds is 7. The van der Waals surface area contributed by atoms with Crippen LogP contribution in [0, 0.1) is 6.92 Å². The van der Waals surface area contributed by atoms with Gasteiger partial charge >= 0.3 is 10.2 Å². The SMILES string of the molecule is COc1ccc(S(=O)(=O)Nc2ccc(NS(=O)(=O)N(C)C)cc2C)cc1. The van der Waals surface area contributed by atoms with Gasteiger partial charge in [-0.1, -0.05) is 0 Å². The normalized spacial score (nSPS) is 12.0. The predicted octanol–water partition coefficient (Wildman–Crippen LogP) is 2.02. The maximum absolute atomic E-state index is 12.5. The first-order valence-corrected chi connectivity index (χ1v) is 10.5. The summed E-state index contributed by atoms with van der Waals surface area (Å²) in [5.74, 6) is 0.553. The van der Waals surface area contributed by atoms with Crippen molar-refractivity contribution in [3.05, 3.63) is 48.0 Å². The Bertz CT molecular complexity index is 985. The van der Waals surface area contributed by atoms with Crippen LogP contribution in [0.15, 0.2) is 47.4 Å². The molecule has 0 fully saturated rings. The van der Waals surface area contributed by atoms with E-state index in [4.69, 9.17) is 4.74 Å². The van der Waals surface area contributed by atoms with E-state index in [0.717, 1.165) is 4.31 Å². The molecule has 0 atom stereocenters. The number of hydrogen-bond acceptors (Lipinski definition) is 5. The van der Waals surface area contributed by atoms with Gasteiger partial charge in [-0.3, -0.25) is 9.44 Å². The van der Waals surface area contributed by atoms with Gasteiger partial charge in [-0.05, 0) is 55.0 Å². The van der Waals surface area contributed by atoms with Crippen LogP contribution >= 0.6 is 0 Å². The van der Waals surface area contributed by atoms with Gasteiger partial charge in [0.25, 0.3) is 10.0 Å². The molecule has 0 spiro atoms. The molecule has 0 unspecified atom stereocenters. The summed E-state index contributed by atoms with van der Waals surface area (Å²) in [6.07, 6.45) is 0. The Hall–Kier alpha value is -2.30. The highest BCUT2D eigenvalue weighted by molar-refractivity contribution is 7.92. The minimum atomic E-state index is -3.77. The Balaban J connectivity index is 2.24. The molecule has 0 aromatic heterocycles. The summed E-state index contributed by atoms with van der Waals surface area (Å²) >= 11 is 0. The number of aryl methyl sites for hydroxylation is 1.